The van der Waals surface area contributed by atoms with Gasteiger partial charge in [-0.15, -0.1) is 0 Å². The molecule has 2 nitrogen and oxygen atoms in total. The van der Waals surface area contributed by atoms with Gasteiger partial charge in [-0.3, -0.25) is 0 Å². The first kappa shape index (κ1) is 13.5. The Bertz CT molecular complexity index is 508. The van der Waals surface area contributed by atoms with Crippen LogP contribution < -0.4 is 5.32 Å². The van der Waals surface area contributed by atoms with Gasteiger partial charge in [0.1, 0.15) is 5.75 Å². The molecule has 0 aliphatic heterocycles. The van der Waals surface area contributed by atoms with E-state index in [-0.39, 0.29) is 0 Å². The molecule has 0 saturated carbocycles. The molecule has 0 heterocycles. The van der Waals surface area contributed by atoms with E-state index in [0.29, 0.717) is 17.6 Å². The van der Waals surface area contributed by atoms with Crippen LogP contribution in [0.15, 0.2) is 54.6 Å². The molecule has 1 unspecified atom stereocenters. The molecule has 19 heavy (non-hydrogen) atoms. The highest BCUT2D eigenvalue weighted by molar-refractivity contribution is 5.48. The molecule has 0 aliphatic rings. The van der Waals surface area contributed by atoms with Gasteiger partial charge in [0.25, 0.3) is 0 Å². The number of rotatable bonds is 5. The van der Waals surface area contributed by atoms with Gasteiger partial charge in [-0.05, 0) is 23.6 Å². The van der Waals surface area contributed by atoms with Gasteiger partial charge >= 0.3 is 0 Å². The molecule has 0 aliphatic carbocycles. The van der Waals surface area contributed by atoms with Crippen molar-refractivity contribution in [1.29, 1.82) is 0 Å². The van der Waals surface area contributed by atoms with Crippen molar-refractivity contribution in [1.82, 2.24) is 0 Å². The van der Waals surface area contributed by atoms with Crippen molar-refractivity contribution in [2.45, 2.75) is 19.8 Å². The number of hydrogen-bond donors (Lipinski definition) is 2. The molecule has 1 atom stereocenters. The van der Waals surface area contributed by atoms with E-state index in [1.807, 2.05) is 18.2 Å². The standard InChI is InChI=1S/C17H21NO/c1-13(2)17(14-7-4-3-5-8-14)12-18-15-9-6-10-16(19)11-15/h3-11,13,17-19H,12H2,1-2H3. The van der Waals surface area contributed by atoms with Crippen LogP contribution in [-0.2, 0) is 0 Å². The summed E-state index contributed by atoms with van der Waals surface area (Å²) in [5, 5.41) is 12.9. The maximum atomic E-state index is 9.46. The van der Waals surface area contributed by atoms with Crippen LogP contribution in [0.25, 0.3) is 0 Å². The Labute approximate surface area is 115 Å². The maximum absolute atomic E-state index is 9.46. The van der Waals surface area contributed by atoms with Crippen molar-refractivity contribution in [3.05, 3.63) is 60.2 Å². The van der Waals surface area contributed by atoms with Crippen molar-refractivity contribution >= 4 is 5.69 Å². The van der Waals surface area contributed by atoms with E-state index in [1.54, 1.807) is 12.1 Å². The predicted octanol–water partition coefficient (Wildman–Crippen LogP) is 4.24. The molecule has 0 amide bonds. The van der Waals surface area contributed by atoms with Crippen molar-refractivity contribution in [3.63, 3.8) is 0 Å². The minimum Gasteiger partial charge on any atom is -0.508 e. The second-order valence-corrected chi connectivity index (χ2v) is 5.19. The number of benzene rings is 2. The molecular weight excluding hydrogens is 234 g/mol. The van der Waals surface area contributed by atoms with Gasteiger partial charge in [-0.2, -0.15) is 0 Å². The van der Waals surface area contributed by atoms with Gasteiger partial charge in [0, 0.05) is 24.2 Å². The Morgan fingerprint density at radius 3 is 2.37 bits per heavy atom. The van der Waals surface area contributed by atoms with Gasteiger partial charge in [-0.1, -0.05) is 50.2 Å². The largest absolute Gasteiger partial charge is 0.508 e. The third-order valence-electron chi connectivity index (χ3n) is 3.40. The van der Waals surface area contributed by atoms with Crippen molar-refractivity contribution in [2.24, 2.45) is 5.92 Å². The first-order chi connectivity index (χ1) is 9.16. The minimum absolute atomic E-state index is 0.297. The molecule has 2 aromatic carbocycles. The number of nitrogens with one attached hydrogen (secondary N) is 1. The van der Waals surface area contributed by atoms with Gasteiger partial charge in [0.15, 0.2) is 0 Å². The zero-order valence-corrected chi connectivity index (χ0v) is 11.5. The van der Waals surface area contributed by atoms with Crippen LogP contribution in [-0.4, -0.2) is 11.7 Å². The van der Waals surface area contributed by atoms with Crippen LogP contribution >= 0.6 is 0 Å². The Morgan fingerprint density at radius 2 is 1.74 bits per heavy atom. The lowest BCUT2D eigenvalue weighted by molar-refractivity contribution is 0.475. The number of phenols is 1. The molecule has 2 N–H and O–H groups in total. The van der Waals surface area contributed by atoms with Crippen LogP contribution in [0.1, 0.15) is 25.3 Å². The van der Waals surface area contributed by atoms with E-state index in [1.165, 1.54) is 5.56 Å². The molecule has 2 aromatic rings. The summed E-state index contributed by atoms with van der Waals surface area (Å²) in [6, 6.07) is 17.8. The molecular formula is C17H21NO. The summed E-state index contributed by atoms with van der Waals surface area (Å²) < 4.78 is 0. The van der Waals surface area contributed by atoms with Gasteiger partial charge in [-0.25, -0.2) is 0 Å². The molecule has 100 valence electrons. The van der Waals surface area contributed by atoms with Gasteiger partial charge in [0.2, 0.25) is 0 Å². The summed E-state index contributed by atoms with van der Waals surface area (Å²) in [6.45, 7) is 5.34. The first-order valence-corrected chi connectivity index (χ1v) is 6.74. The first-order valence-electron chi connectivity index (χ1n) is 6.74. The second kappa shape index (κ2) is 6.28. The van der Waals surface area contributed by atoms with Crippen LogP contribution in [0.2, 0.25) is 0 Å². The summed E-state index contributed by atoms with van der Waals surface area (Å²) in [7, 11) is 0. The molecule has 2 rings (SSSR count). The number of aromatic hydroxyl groups is 1. The highest BCUT2D eigenvalue weighted by atomic mass is 16.3. The van der Waals surface area contributed by atoms with Crippen LogP contribution in [0.4, 0.5) is 5.69 Å². The fourth-order valence-electron chi connectivity index (χ4n) is 2.28. The quantitative estimate of drug-likeness (QED) is 0.837. The van der Waals surface area contributed by atoms with Crippen molar-refractivity contribution in [3.8, 4) is 5.75 Å². The smallest absolute Gasteiger partial charge is 0.117 e. The normalized spacial score (nSPS) is 12.4. The average Bonchev–Trinajstić information content (AvgIpc) is 2.40. The molecule has 0 fully saturated rings. The van der Waals surface area contributed by atoms with E-state index >= 15 is 0 Å². The highest BCUT2D eigenvalue weighted by Crippen LogP contribution is 2.25. The molecule has 0 saturated heterocycles. The van der Waals surface area contributed by atoms with E-state index < -0.39 is 0 Å². The zero-order chi connectivity index (χ0) is 13.7. The summed E-state index contributed by atoms with van der Waals surface area (Å²) in [6.07, 6.45) is 0. The summed E-state index contributed by atoms with van der Waals surface area (Å²) in [5.41, 5.74) is 2.31. The predicted molar refractivity (Wildman–Crippen MR) is 80.6 cm³/mol. The van der Waals surface area contributed by atoms with Crippen LogP contribution in [0.3, 0.4) is 0 Å². The highest BCUT2D eigenvalue weighted by Gasteiger charge is 2.15. The molecule has 0 spiro atoms. The fraction of sp³-hybridized carbons (Fsp3) is 0.294. The van der Waals surface area contributed by atoms with E-state index in [9.17, 15) is 5.11 Å². The Morgan fingerprint density at radius 1 is 1.00 bits per heavy atom. The maximum Gasteiger partial charge on any atom is 0.117 e. The molecule has 0 aromatic heterocycles. The Hall–Kier alpha value is -1.96. The topological polar surface area (TPSA) is 32.3 Å². The fourth-order valence-corrected chi connectivity index (χ4v) is 2.28. The Kier molecular flexibility index (Phi) is 4.45. The summed E-state index contributed by atoms with van der Waals surface area (Å²) >= 11 is 0. The van der Waals surface area contributed by atoms with E-state index in [4.69, 9.17) is 0 Å². The van der Waals surface area contributed by atoms with E-state index in [0.717, 1.165) is 12.2 Å². The number of hydrogen-bond acceptors (Lipinski definition) is 2. The lowest BCUT2D eigenvalue weighted by atomic mass is 9.88. The van der Waals surface area contributed by atoms with Gasteiger partial charge < -0.3 is 10.4 Å². The van der Waals surface area contributed by atoms with Crippen LogP contribution in [0.5, 0.6) is 5.75 Å². The second-order valence-electron chi connectivity index (χ2n) is 5.19. The van der Waals surface area contributed by atoms with Crippen molar-refractivity contribution < 1.29 is 5.11 Å². The molecule has 0 bridgehead atoms. The number of phenolic OH excluding ortho intramolecular Hbond substituents is 1. The lowest BCUT2D eigenvalue weighted by Crippen LogP contribution is -2.17. The van der Waals surface area contributed by atoms with Crippen LogP contribution in [0, 0.1) is 5.92 Å². The zero-order valence-electron chi connectivity index (χ0n) is 11.5. The molecule has 2 heteroatoms. The Balaban J connectivity index is 2.06. The van der Waals surface area contributed by atoms with Gasteiger partial charge in [0.05, 0.1) is 0 Å². The SMILES string of the molecule is CC(C)C(CNc1cccc(O)c1)c1ccccc1. The minimum atomic E-state index is 0.297. The number of anilines is 1. The summed E-state index contributed by atoms with van der Waals surface area (Å²) in [4.78, 5) is 0. The monoisotopic (exact) mass is 255 g/mol. The molecule has 0 radical (unpaired) electrons. The summed E-state index contributed by atoms with van der Waals surface area (Å²) in [5.74, 6) is 1.32. The average molecular weight is 255 g/mol. The lowest BCUT2D eigenvalue weighted by Gasteiger charge is -2.22. The van der Waals surface area contributed by atoms with E-state index in [2.05, 4.69) is 43.4 Å². The van der Waals surface area contributed by atoms with Crippen molar-refractivity contribution in [2.75, 3.05) is 11.9 Å². The third kappa shape index (κ3) is 3.75. The third-order valence-corrected chi connectivity index (χ3v) is 3.40.